The highest BCUT2D eigenvalue weighted by Gasteiger charge is 2.35. The quantitative estimate of drug-likeness (QED) is 0.783. The van der Waals surface area contributed by atoms with Crippen molar-refractivity contribution in [1.82, 2.24) is 14.5 Å². The van der Waals surface area contributed by atoms with Crippen LogP contribution in [0.1, 0.15) is 12.0 Å². The molecule has 29 heavy (non-hydrogen) atoms. The molecule has 0 saturated carbocycles. The summed E-state index contributed by atoms with van der Waals surface area (Å²) < 4.78 is 44.6. The van der Waals surface area contributed by atoms with Crippen LogP contribution in [0.3, 0.4) is 0 Å². The number of benzene rings is 1. The van der Waals surface area contributed by atoms with Crippen LogP contribution in [-0.4, -0.2) is 54.3 Å². The van der Waals surface area contributed by atoms with Gasteiger partial charge < -0.3 is 14.6 Å². The molecule has 7 nitrogen and oxygen atoms in total. The second-order valence-electron chi connectivity index (χ2n) is 6.82. The lowest BCUT2D eigenvalue weighted by atomic mass is 10.2. The third-order valence-corrected chi connectivity index (χ3v) is 5.02. The largest absolute Gasteiger partial charge is 0.495 e. The van der Waals surface area contributed by atoms with Crippen LogP contribution in [0.2, 0.25) is 0 Å². The second kappa shape index (κ2) is 8.73. The number of alkyl halides is 3. The summed E-state index contributed by atoms with van der Waals surface area (Å²) in [6.45, 7) is 3.62. The van der Waals surface area contributed by atoms with E-state index in [0.29, 0.717) is 23.7 Å². The number of anilines is 1. The zero-order valence-electron chi connectivity index (χ0n) is 16.0. The highest BCUT2D eigenvalue weighted by Crippen LogP contribution is 2.28. The molecule has 1 aromatic heterocycles. The van der Waals surface area contributed by atoms with Crippen molar-refractivity contribution in [3.05, 3.63) is 56.9 Å². The molecular formula is C19H23F3N4O3. The third-order valence-electron chi connectivity index (χ3n) is 5.02. The van der Waals surface area contributed by atoms with Crippen molar-refractivity contribution in [1.29, 1.82) is 0 Å². The van der Waals surface area contributed by atoms with Gasteiger partial charge in [0.2, 0.25) is 0 Å². The van der Waals surface area contributed by atoms with E-state index in [0.717, 1.165) is 37.6 Å². The van der Waals surface area contributed by atoms with E-state index >= 15 is 0 Å². The van der Waals surface area contributed by atoms with E-state index in [2.05, 4.69) is 9.80 Å². The Balaban J connectivity index is 1.56. The van der Waals surface area contributed by atoms with Gasteiger partial charge in [-0.15, -0.1) is 0 Å². The number of nitrogens with one attached hydrogen (secondary N) is 1. The van der Waals surface area contributed by atoms with Gasteiger partial charge in [0.05, 0.1) is 12.8 Å². The first-order chi connectivity index (χ1) is 13.8. The summed E-state index contributed by atoms with van der Waals surface area (Å²) in [6.07, 6.45) is -3.96. The van der Waals surface area contributed by atoms with Gasteiger partial charge in [0.15, 0.2) is 0 Å². The third kappa shape index (κ3) is 4.81. The molecule has 2 heterocycles. The summed E-state index contributed by atoms with van der Waals surface area (Å²) in [5.41, 5.74) is -2.47. The molecule has 1 aliphatic rings. The molecular weight excluding hydrogens is 389 g/mol. The first-order valence-corrected chi connectivity index (χ1v) is 9.31. The van der Waals surface area contributed by atoms with Crippen molar-refractivity contribution in [2.75, 3.05) is 44.7 Å². The number of nitrogens with zero attached hydrogens (tertiary/aromatic N) is 3. The topological polar surface area (TPSA) is 70.6 Å². The molecule has 0 radical (unpaired) electrons. The van der Waals surface area contributed by atoms with Gasteiger partial charge in [-0.3, -0.25) is 14.3 Å². The van der Waals surface area contributed by atoms with Crippen LogP contribution >= 0.6 is 0 Å². The number of ether oxygens (including phenoxy) is 1. The molecule has 2 aromatic rings. The Labute approximate surface area is 165 Å². The van der Waals surface area contributed by atoms with Crippen LogP contribution in [0.25, 0.3) is 0 Å². The second-order valence-corrected chi connectivity index (χ2v) is 6.82. The van der Waals surface area contributed by atoms with E-state index in [1.165, 1.54) is 0 Å². The van der Waals surface area contributed by atoms with Gasteiger partial charge in [-0.25, -0.2) is 4.79 Å². The molecule has 0 aliphatic carbocycles. The zero-order chi connectivity index (χ0) is 21.0. The van der Waals surface area contributed by atoms with Gasteiger partial charge in [0.1, 0.15) is 11.3 Å². The van der Waals surface area contributed by atoms with E-state index in [1.54, 1.807) is 7.11 Å². The van der Waals surface area contributed by atoms with Gasteiger partial charge in [-0.1, -0.05) is 12.1 Å². The zero-order valence-corrected chi connectivity index (χ0v) is 16.0. The van der Waals surface area contributed by atoms with Crippen LogP contribution in [0.5, 0.6) is 5.75 Å². The highest BCUT2D eigenvalue weighted by atomic mass is 19.4. The number of para-hydroxylation sites is 2. The van der Waals surface area contributed by atoms with Crippen molar-refractivity contribution < 1.29 is 17.9 Å². The summed E-state index contributed by atoms with van der Waals surface area (Å²) in [5, 5.41) is 0. The van der Waals surface area contributed by atoms with E-state index in [4.69, 9.17) is 4.74 Å². The Bertz CT molecular complexity index is 947. The molecule has 10 heteroatoms. The average Bonchev–Trinajstić information content (AvgIpc) is 2.70. The Morgan fingerprint density at radius 1 is 1.07 bits per heavy atom. The maximum absolute atomic E-state index is 12.8. The molecule has 1 N–H and O–H groups in total. The lowest BCUT2D eigenvalue weighted by molar-refractivity contribution is -0.139. The lowest BCUT2D eigenvalue weighted by Crippen LogP contribution is -2.47. The molecule has 0 atom stereocenters. The predicted molar refractivity (Wildman–Crippen MR) is 103 cm³/mol. The fraction of sp³-hybridized carbons (Fsp3) is 0.474. The molecule has 0 amide bonds. The summed E-state index contributed by atoms with van der Waals surface area (Å²) in [6, 6.07) is 7.78. The van der Waals surface area contributed by atoms with Crippen LogP contribution < -0.4 is 20.9 Å². The van der Waals surface area contributed by atoms with Crippen molar-refractivity contribution in [3.63, 3.8) is 0 Å². The number of rotatable bonds is 6. The molecule has 158 valence electrons. The standard InChI is InChI=1S/C19H23F3N4O3/c1-29-16-6-3-2-5-15(16)25-11-9-24(10-12-25)7-4-8-26-17(27)14(19(20,21)22)13-23-18(26)28/h2-3,5-6,13H,4,7-12H2,1H3,(H,23,28). The maximum atomic E-state index is 12.8. The summed E-state index contributed by atoms with van der Waals surface area (Å²) in [7, 11) is 1.63. The van der Waals surface area contributed by atoms with Crippen LogP contribution in [0, 0.1) is 0 Å². The Morgan fingerprint density at radius 2 is 1.76 bits per heavy atom. The molecule has 0 unspecified atom stereocenters. The molecule has 1 aromatic carbocycles. The Kier molecular flexibility index (Phi) is 6.31. The van der Waals surface area contributed by atoms with E-state index in [9.17, 15) is 22.8 Å². The number of aromatic nitrogens is 2. The molecule has 3 rings (SSSR count). The fourth-order valence-corrected chi connectivity index (χ4v) is 3.47. The molecule has 0 bridgehead atoms. The highest BCUT2D eigenvalue weighted by molar-refractivity contribution is 5.58. The van der Waals surface area contributed by atoms with Crippen LogP contribution in [0.4, 0.5) is 18.9 Å². The number of methoxy groups -OCH3 is 1. The summed E-state index contributed by atoms with van der Waals surface area (Å²) in [4.78, 5) is 30.1. The van der Waals surface area contributed by atoms with Gasteiger partial charge >= 0.3 is 11.9 Å². The van der Waals surface area contributed by atoms with Crippen LogP contribution in [0.15, 0.2) is 40.1 Å². The van der Waals surface area contributed by atoms with E-state index in [1.807, 2.05) is 29.2 Å². The minimum absolute atomic E-state index is 0.0647. The van der Waals surface area contributed by atoms with Crippen molar-refractivity contribution in [3.8, 4) is 5.75 Å². The molecule has 0 spiro atoms. The summed E-state index contributed by atoms with van der Waals surface area (Å²) in [5.74, 6) is 0.809. The van der Waals surface area contributed by atoms with Gasteiger partial charge in [0, 0.05) is 38.9 Å². The minimum Gasteiger partial charge on any atom is -0.495 e. The van der Waals surface area contributed by atoms with Crippen molar-refractivity contribution in [2.45, 2.75) is 19.1 Å². The number of halogens is 3. The van der Waals surface area contributed by atoms with E-state index in [-0.39, 0.29) is 6.54 Å². The number of H-pyrrole nitrogens is 1. The first-order valence-electron chi connectivity index (χ1n) is 9.31. The average molecular weight is 412 g/mol. The smallest absolute Gasteiger partial charge is 0.423 e. The Hall–Kier alpha value is -2.75. The van der Waals surface area contributed by atoms with Gasteiger partial charge in [0.25, 0.3) is 5.56 Å². The fourth-order valence-electron chi connectivity index (χ4n) is 3.47. The SMILES string of the molecule is COc1ccccc1N1CCN(CCCn2c(=O)[nH]cc(C(F)(F)F)c2=O)CC1. The molecule has 1 fully saturated rings. The van der Waals surface area contributed by atoms with Gasteiger partial charge in [-0.05, 0) is 25.1 Å². The normalized spacial score (nSPS) is 15.5. The first kappa shape index (κ1) is 21.0. The molecule has 1 aliphatic heterocycles. The number of hydrogen-bond donors (Lipinski definition) is 1. The Morgan fingerprint density at radius 3 is 2.41 bits per heavy atom. The lowest BCUT2D eigenvalue weighted by Gasteiger charge is -2.36. The van der Waals surface area contributed by atoms with Crippen LogP contribution in [-0.2, 0) is 12.7 Å². The van der Waals surface area contributed by atoms with Crippen molar-refractivity contribution in [2.24, 2.45) is 0 Å². The number of aromatic amines is 1. The summed E-state index contributed by atoms with van der Waals surface area (Å²) >= 11 is 0. The monoisotopic (exact) mass is 412 g/mol. The number of hydrogen-bond acceptors (Lipinski definition) is 5. The molecule has 1 saturated heterocycles. The maximum Gasteiger partial charge on any atom is 0.423 e. The van der Waals surface area contributed by atoms with Gasteiger partial charge in [-0.2, -0.15) is 13.2 Å². The predicted octanol–water partition coefficient (Wildman–Crippen LogP) is 1.78. The van der Waals surface area contributed by atoms with Crippen molar-refractivity contribution >= 4 is 5.69 Å². The minimum atomic E-state index is -4.79. The van der Waals surface area contributed by atoms with E-state index < -0.39 is 23.0 Å². The number of piperazine rings is 1.